The van der Waals surface area contributed by atoms with Gasteiger partial charge < -0.3 is 19.3 Å². The second-order valence-electron chi connectivity index (χ2n) is 5.77. The summed E-state index contributed by atoms with van der Waals surface area (Å²) in [6, 6.07) is 5.81. The van der Waals surface area contributed by atoms with Crippen LogP contribution in [0, 0.1) is 6.92 Å². The quantitative estimate of drug-likeness (QED) is 0.771. The zero-order valence-corrected chi connectivity index (χ0v) is 15.0. The molecule has 2 rings (SSSR count). The van der Waals surface area contributed by atoms with E-state index in [1.165, 1.54) is 13.2 Å². The summed E-state index contributed by atoms with van der Waals surface area (Å²) in [6.45, 7) is 0.944. The second-order valence-corrected chi connectivity index (χ2v) is 5.77. The molecule has 0 spiro atoms. The molecular formula is C17H21F2N3O4. The fourth-order valence-corrected chi connectivity index (χ4v) is 2.28. The molecule has 1 amide bonds. The second kappa shape index (κ2) is 8.61. The summed E-state index contributed by atoms with van der Waals surface area (Å²) in [5.41, 5.74) is 0.780. The molecule has 1 atom stereocenters. The highest BCUT2D eigenvalue weighted by molar-refractivity contribution is 5.93. The number of hydrogen-bond donors (Lipinski definition) is 1. The summed E-state index contributed by atoms with van der Waals surface area (Å²) in [6.07, 6.45) is 0. The average Bonchev–Trinajstić information content (AvgIpc) is 2.99. The predicted octanol–water partition coefficient (Wildman–Crippen LogP) is 3.05. The van der Waals surface area contributed by atoms with E-state index < -0.39 is 12.7 Å². The van der Waals surface area contributed by atoms with Gasteiger partial charge in [0.1, 0.15) is 5.76 Å². The standard InChI is InChI=1S/C17H21F2N3O4/c1-10-7-15(21-26-10)20-16(23)11(2)22(3)9-12-5-6-13(25-17(18)19)14(8-12)24-4/h5-8,11,17H,9H2,1-4H3,(H,20,21,23). The number of halogens is 2. The molecule has 9 heteroatoms. The Hall–Kier alpha value is -2.68. The number of carbonyl (C=O) groups is 1. The monoisotopic (exact) mass is 369 g/mol. The van der Waals surface area contributed by atoms with E-state index in [0.717, 1.165) is 5.56 Å². The van der Waals surface area contributed by atoms with Crippen molar-refractivity contribution in [2.45, 2.75) is 33.0 Å². The molecule has 7 nitrogen and oxygen atoms in total. The Bertz CT molecular complexity index is 751. The van der Waals surface area contributed by atoms with Crippen molar-refractivity contribution >= 4 is 11.7 Å². The van der Waals surface area contributed by atoms with Gasteiger partial charge in [0.15, 0.2) is 17.3 Å². The van der Waals surface area contributed by atoms with Crippen LogP contribution in [-0.4, -0.2) is 42.8 Å². The number of hydrogen-bond acceptors (Lipinski definition) is 6. The predicted molar refractivity (Wildman–Crippen MR) is 90.4 cm³/mol. The molecule has 1 aromatic carbocycles. The van der Waals surface area contributed by atoms with Crippen LogP contribution in [0.25, 0.3) is 0 Å². The molecule has 2 aromatic rings. The van der Waals surface area contributed by atoms with E-state index in [1.807, 2.05) is 0 Å². The van der Waals surface area contributed by atoms with Gasteiger partial charge in [0, 0.05) is 12.6 Å². The maximum absolute atomic E-state index is 12.4. The third-order valence-electron chi connectivity index (χ3n) is 3.80. The Labute approximate surface area is 149 Å². The number of nitrogens with one attached hydrogen (secondary N) is 1. The number of amides is 1. The van der Waals surface area contributed by atoms with E-state index >= 15 is 0 Å². The van der Waals surface area contributed by atoms with Crippen LogP contribution in [0.3, 0.4) is 0 Å². The van der Waals surface area contributed by atoms with Crippen molar-refractivity contribution in [1.82, 2.24) is 10.1 Å². The number of alkyl halides is 2. The minimum atomic E-state index is -2.93. The normalized spacial score (nSPS) is 12.3. The smallest absolute Gasteiger partial charge is 0.387 e. The number of likely N-dealkylation sites (N-methyl/N-ethyl adjacent to an activating group) is 1. The van der Waals surface area contributed by atoms with E-state index in [-0.39, 0.29) is 17.4 Å². The van der Waals surface area contributed by atoms with Crippen LogP contribution in [-0.2, 0) is 11.3 Å². The van der Waals surface area contributed by atoms with Crippen LogP contribution in [0.4, 0.5) is 14.6 Å². The summed E-state index contributed by atoms with van der Waals surface area (Å²) in [4.78, 5) is 14.1. The molecular weight excluding hydrogens is 348 g/mol. The van der Waals surface area contributed by atoms with Crippen molar-refractivity contribution in [3.63, 3.8) is 0 Å². The number of aryl methyl sites for hydroxylation is 1. The first kappa shape index (κ1) is 19.6. The van der Waals surface area contributed by atoms with Crippen LogP contribution < -0.4 is 14.8 Å². The minimum Gasteiger partial charge on any atom is -0.493 e. The van der Waals surface area contributed by atoms with Crippen LogP contribution in [0.2, 0.25) is 0 Å². The third-order valence-corrected chi connectivity index (χ3v) is 3.80. The Morgan fingerprint density at radius 1 is 1.35 bits per heavy atom. The molecule has 0 aliphatic heterocycles. The first-order valence-corrected chi connectivity index (χ1v) is 7.86. The lowest BCUT2D eigenvalue weighted by atomic mass is 10.1. The molecule has 1 unspecified atom stereocenters. The summed E-state index contributed by atoms with van der Waals surface area (Å²) in [5.74, 6) is 0.861. The number of methoxy groups -OCH3 is 1. The Balaban J connectivity index is 2.01. The lowest BCUT2D eigenvalue weighted by molar-refractivity contribution is -0.120. The van der Waals surface area contributed by atoms with Crippen molar-refractivity contribution < 1.29 is 27.6 Å². The number of aromatic nitrogens is 1. The van der Waals surface area contributed by atoms with Gasteiger partial charge in [0.25, 0.3) is 0 Å². The molecule has 0 saturated heterocycles. The molecule has 0 bridgehead atoms. The maximum Gasteiger partial charge on any atom is 0.387 e. The van der Waals surface area contributed by atoms with Crippen LogP contribution in [0.1, 0.15) is 18.2 Å². The SMILES string of the molecule is COc1cc(CN(C)C(C)C(=O)Nc2cc(C)on2)ccc1OC(F)F. The zero-order chi connectivity index (χ0) is 19.3. The Morgan fingerprint density at radius 3 is 2.65 bits per heavy atom. The average molecular weight is 369 g/mol. The van der Waals surface area contributed by atoms with Gasteiger partial charge in [-0.3, -0.25) is 9.69 Å². The van der Waals surface area contributed by atoms with E-state index in [9.17, 15) is 13.6 Å². The highest BCUT2D eigenvalue weighted by Crippen LogP contribution is 2.30. The molecule has 0 aliphatic carbocycles. The van der Waals surface area contributed by atoms with Gasteiger partial charge in [-0.25, -0.2) is 0 Å². The summed E-state index contributed by atoms with van der Waals surface area (Å²) in [7, 11) is 3.14. The summed E-state index contributed by atoms with van der Waals surface area (Å²) < 4.78 is 39.2. The highest BCUT2D eigenvalue weighted by Gasteiger charge is 2.20. The van der Waals surface area contributed by atoms with Crippen LogP contribution >= 0.6 is 0 Å². The largest absolute Gasteiger partial charge is 0.493 e. The van der Waals surface area contributed by atoms with Crippen LogP contribution in [0.5, 0.6) is 11.5 Å². The Kier molecular flexibility index (Phi) is 6.51. The molecule has 1 N–H and O–H groups in total. The van der Waals surface area contributed by atoms with Gasteiger partial charge in [0.05, 0.1) is 13.2 Å². The minimum absolute atomic E-state index is 0.0407. The van der Waals surface area contributed by atoms with Gasteiger partial charge in [0.2, 0.25) is 5.91 Å². The molecule has 142 valence electrons. The lowest BCUT2D eigenvalue weighted by Crippen LogP contribution is -2.39. The fourth-order valence-electron chi connectivity index (χ4n) is 2.28. The number of anilines is 1. The van der Waals surface area contributed by atoms with Gasteiger partial charge in [-0.15, -0.1) is 0 Å². The summed E-state index contributed by atoms with van der Waals surface area (Å²) in [5, 5.41) is 6.39. The molecule has 26 heavy (non-hydrogen) atoms. The van der Waals surface area contributed by atoms with Crippen LogP contribution in [0.15, 0.2) is 28.8 Å². The first-order valence-electron chi connectivity index (χ1n) is 7.86. The highest BCUT2D eigenvalue weighted by atomic mass is 19.3. The number of carbonyl (C=O) groups excluding carboxylic acids is 1. The van der Waals surface area contributed by atoms with Crippen molar-refractivity contribution in [3.8, 4) is 11.5 Å². The van der Waals surface area contributed by atoms with Gasteiger partial charge in [-0.1, -0.05) is 11.2 Å². The molecule has 1 aromatic heterocycles. The van der Waals surface area contributed by atoms with Gasteiger partial charge >= 0.3 is 6.61 Å². The number of ether oxygens (including phenoxy) is 2. The lowest BCUT2D eigenvalue weighted by Gasteiger charge is -2.23. The van der Waals surface area contributed by atoms with Crippen molar-refractivity contribution in [2.75, 3.05) is 19.5 Å². The zero-order valence-electron chi connectivity index (χ0n) is 15.0. The van der Waals surface area contributed by atoms with E-state index in [1.54, 1.807) is 44.0 Å². The van der Waals surface area contributed by atoms with Gasteiger partial charge in [-0.2, -0.15) is 8.78 Å². The van der Waals surface area contributed by atoms with E-state index in [4.69, 9.17) is 9.26 Å². The van der Waals surface area contributed by atoms with Crippen molar-refractivity contribution in [2.24, 2.45) is 0 Å². The number of rotatable bonds is 8. The fraction of sp³-hybridized carbons (Fsp3) is 0.412. The molecule has 0 aliphatic rings. The van der Waals surface area contributed by atoms with Crippen molar-refractivity contribution in [3.05, 3.63) is 35.6 Å². The Morgan fingerprint density at radius 2 is 2.08 bits per heavy atom. The number of benzene rings is 1. The van der Waals surface area contributed by atoms with Gasteiger partial charge in [-0.05, 0) is 38.6 Å². The maximum atomic E-state index is 12.4. The van der Waals surface area contributed by atoms with E-state index in [0.29, 0.717) is 18.1 Å². The molecule has 0 radical (unpaired) electrons. The van der Waals surface area contributed by atoms with E-state index in [2.05, 4.69) is 15.2 Å². The first-order chi connectivity index (χ1) is 12.3. The summed E-state index contributed by atoms with van der Waals surface area (Å²) >= 11 is 0. The topological polar surface area (TPSA) is 76.8 Å². The number of nitrogens with zero attached hydrogens (tertiary/aromatic N) is 2. The molecule has 0 fully saturated rings. The third kappa shape index (κ3) is 5.16. The van der Waals surface area contributed by atoms with Crippen molar-refractivity contribution in [1.29, 1.82) is 0 Å². The molecule has 1 heterocycles. The molecule has 0 saturated carbocycles.